The van der Waals surface area contributed by atoms with E-state index in [1.165, 1.54) is 0 Å². The molecule has 2 atom stereocenters. The Balaban J connectivity index is 2.52. The lowest BCUT2D eigenvalue weighted by atomic mass is 9.99. The lowest BCUT2D eigenvalue weighted by molar-refractivity contribution is 0.0145. The number of carbonyl (C=O) groups is 1. The van der Waals surface area contributed by atoms with Crippen LogP contribution in [0.5, 0.6) is 0 Å². The Morgan fingerprint density at radius 1 is 1.56 bits per heavy atom. The summed E-state index contributed by atoms with van der Waals surface area (Å²) in [5, 5.41) is 9.21. The molecule has 1 saturated heterocycles. The molecule has 0 saturated carbocycles. The van der Waals surface area contributed by atoms with Crippen LogP contribution in [-0.2, 0) is 4.74 Å². The largest absolute Gasteiger partial charge is 0.444 e. The molecule has 0 aromatic rings. The minimum Gasteiger partial charge on any atom is -0.444 e. The van der Waals surface area contributed by atoms with E-state index in [0.717, 1.165) is 13.0 Å². The molecule has 1 amide bonds. The molecule has 1 rings (SSSR count). The van der Waals surface area contributed by atoms with Crippen molar-refractivity contribution < 1.29 is 14.6 Å². The number of aliphatic hydroxyl groups is 1. The van der Waals surface area contributed by atoms with Crippen molar-refractivity contribution in [2.24, 2.45) is 5.92 Å². The molecule has 2 unspecified atom stereocenters. The van der Waals surface area contributed by atoms with Crippen LogP contribution in [0.25, 0.3) is 0 Å². The number of hydrogen-bond acceptors (Lipinski definition) is 3. The van der Waals surface area contributed by atoms with Gasteiger partial charge in [0.05, 0.1) is 0 Å². The zero-order chi connectivity index (χ0) is 12.3. The average Bonchev–Trinajstić information content (AvgIpc) is 2.15. The highest BCUT2D eigenvalue weighted by molar-refractivity contribution is 14.1. The number of piperidine rings is 1. The summed E-state index contributed by atoms with van der Waals surface area (Å²) in [6, 6.07) is 0. The summed E-state index contributed by atoms with van der Waals surface area (Å²) in [6.45, 7) is 7.03. The summed E-state index contributed by atoms with van der Waals surface area (Å²) in [5.74, 6) is 0.168. The van der Waals surface area contributed by atoms with Crippen molar-refractivity contribution in [1.82, 2.24) is 4.90 Å². The van der Waals surface area contributed by atoms with Gasteiger partial charge in [0.1, 0.15) is 5.60 Å². The summed E-state index contributed by atoms with van der Waals surface area (Å²) >= 11 is 2.34. The minimum absolute atomic E-state index is 0.132. The maximum atomic E-state index is 11.8. The molecule has 1 fully saturated rings. The second kappa shape index (κ2) is 5.53. The number of amides is 1. The number of hydrogen-bond donors (Lipinski definition) is 1. The van der Waals surface area contributed by atoms with Crippen LogP contribution in [0.15, 0.2) is 0 Å². The summed E-state index contributed by atoms with van der Waals surface area (Å²) in [5.41, 5.74) is -0.451. The van der Waals surface area contributed by atoms with Gasteiger partial charge in [-0.2, -0.15) is 0 Å². The number of nitrogens with zero attached hydrogens (tertiary/aromatic N) is 1. The molecular weight excluding hydrogens is 321 g/mol. The van der Waals surface area contributed by atoms with Crippen molar-refractivity contribution in [3.05, 3.63) is 0 Å². The van der Waals surface area contributed by atoms with Crippen molar-refractivity contribution in [2.75, 3.05) is 19.7 Å². The quantitative estimate of drug-likeness (QED) is 0.587. The predicted molar refractivity (Wildman–Crippen MR) is 70.8 cm³/mol. The number of likely N-dealkylation sites (tertiary alicyclic amines) is 1. The molecule has 1 aliphatic rings. The Kier molecular flexibility index (Phi) is 4.85. The first kappa shape index (κ1) is 14.0. The van der Waals surface area contributed by atoms with Gasteiger partial charge < -0.3 is 14.7 Å². The molecule has 1 aliphatic heterocycles. The maximum absolute atomic E-state index is 11.8. The van der Waals surface area contributed by atoms with Gasteiger partial charge in [0.25, 0.3) is 0 Å². The van der Waals surface area contributed by atoms with Crippen LogP contribution >= 0.6 is 22.6 Å². The van der Waals surface area contributed by atoms with Gasteiger partial charge in [-0.25, -0.2) is 4.79 Å². The molecule has 0 spiro atoms. The summed E-state index contributed by atoms with van der Waals surface area (Å²) in [6.07, 6.45) is 0.652. The fourth-order valence-electron chi connectivity index (χ4n) is 1.67. The highest BCUT2D eigenvalue weighted by Crippen LogP contribution is 2.25. The molecule has 16 heavy (non-hydrogen) atoms. The topological polar surface area (TPSA) is 49.8 Å². The van der Waals surface area contributed by atoms with Crippen LogP contribution in [0, 0.1) is 5.92 Å². The van der Waals surface area contributed by atoms with Crippen molar-refractivity contribution in [2.45, 2.75) is 36.7 Å². The Bertz CT molecular complexity index is 252. The van der Waals surface area contributed by atoms with E-state index in [4.69, 9.17) is 4.74 Å². The van der Waals surface area contributed by atoms with E-state index in [2.05, 4.69) is 22.6 Å². The van der Waals surface area contributed by atoms with Gasteiger partial charge >= 0.3 is 6.09 Å². The van der Waals surface area contributed by atoms with E-state index in [1.807, 2.05) is 20.8 Å². The van der Waals surface area contributed by atoms with Crippen LogP contribution in [0.4, 0.5) is 4.79 Å². The molecule has 0 bridgehead atoms. The predicted octanol–water partition coefficient (Wildman–Crippen LogP) is 2.04. The molecule has 0 aromatic heterocycles. The first-order valence-corrected chi connectivity index (χ1v) is 6.81. The SMILES string of the molecule is CC(C)(C)OC(=O)N1CCC(I)C(CO)C1. The van der Waals surface area contributed by atoms with Crippen LogP contribution in [-0.4, -0.2) is 45.3 Å². The summed E-state index contributed by atoms with van der Waals surface area (Å²) < 4.78 is 5.75. The van der Waals surface area contributed by atoms with Crippen molar-refractivity contribution in [1.29, 1.82) is 0 Å². The number of aliphatic hydroxyl groups excluding tert-OH is 1. The second-order valence-corrected chi connectivity index (χ2v) is 6.77. The normalized spacial score (nSPS) is 26.7. The number of ether oxygens (including phenoxy) is 1. The van der Waals surface area contributed by atoms with Crippen molar-refractivity contribution >= 4 is 28.7 Å². The Hall–Kier alpha value is -0.0400. The third-order valence-electron chi connectivity index (χ3n) is 2.53. The first-order valence-electron chi connectivity index (χ1n) is 5.56. The molecule has 1 N–H and O–H groups in total. The molecule has 4 nitrogen and oxygen atoms in total. The molecule has 1 heterocycles. The van der Waals surface area contributed by atoms with E-state index >= 15 is 0 Å². The van der Waals surface area contributed by atoms with Crippen LogP contribution < -0.4 is 0 Å². The van der Waals surface area contributed by atoms with E-state index in [1.54, 1.807) is 4.90 Å². The Morgan fingerprint density at radius 3 is 2.69 bits per heavy atom. The van der Waals surface area contributed by atoms with Gasteiger partial charge in [0, 0.05) is 29.5 Å². The molecular formula is C11H20INO3. The lowest BCUT2D eigenvalue weighted by Crippen LogP contribution is -2.47. The van der Waals surface area contributed by atoms with E-state index in [9.17, 15) is 9.90 Å². The molecule has 0 aromatic carbocycles. The molecule has 0 radical (unpaired) electrons. The van der Waals surface area contributed by atoms with Crippen LogP contribution in [0.3, 0.4) is 0 Å². The van der Waals surface area contributed by atoms with Gasteiger partial charge in [-0.1, -0.05) is 22.6 Å². The summed E-state index contributed by atoms with van der Waals surface area (Å²) in [7, 11) is 0. The molecule has 0 aliphatic carbocycles. The van der Waals surface area contributed by atoms with Gasteiger partial charge in [-0.15, -0.1) is 0 Å². The van der Waals surface area contributed by atoms with E-state index in [0.29, 0.717) is 10.5 Å². The number of halogens is 1. The zero-order valence-electron chi connectivity index (χ0n) is 10.1. The van der Waals surface area contributed by atoms with Crippen molar-refractivity contribution in [3.8, 4) is 0 Å². The first-order chi connectivity index (χ1) is 7.33. The standard InChI is InChI=1S/C11H20INO3/c1-11(2,3)16-10(15)13-5-4-9(12)8(6-13)7-14/h8-9,14H,4-7H2,1-3H3. The molecule has 94 valence electrons. The van der Waals surface area contributed by atoms with Gasteiger partial charge in [0.2, 0.25) is 0 Å². The highest BCUT2D eigenvalue weighted by atomic mass is 127. The Morgan fingerprint density at radius 2 is 2.19 bits per heavy atom. The third-order valence-corrected chi connectivity index (χ3v) is 4.17. The number of carbonyl (C=O) groups excluding carboxylic acids is 1. The highest BCUT2D eigenvalue weighted by Gasteiger charge is 2.31. The second-order valence-electron chi connectivity index (χ2n) is 5.17. The monoisotopic (exact) mass is 341 g/mol. The number of rotatable bonds is 1. The van der Waals surface area contributed by atoms with Crippen molar-refractivity contribution in [3.63, 3.8) is 0 Å². The minimum atomic E-state index is -0.451. The third kappa shape index (κ3) is 4.08. The van der Waals surface area contributed by atoms with Crippen LogP contribution in [0.1, 0.15) is 27.2 Å². The van der Waals surface area contributed by atoms with E-state index in [-0.39, 0.29) is 18.6 Å². The van der Waals surface area contributed by atoms with Gasteiger partial charge in [-0.3, -0.25) is 0 Å². The Labute approximate surface area is 110 Å². The van der Waals surface area contributed by atoms with Gasteiger partial charge in [-0.05, 0) is 27.2 Å². The smallest absolute Gasteiger partial charge is 0.410 e. The number of alkyl halides is 1. The summed E-state index contributed by atoms with van der Waals surface area (Å²) in [4.78, 5) is 13.5. The lowest BCUT2D eigenvalue weighted by Gasteiger charge is -2.36. The zero-order valence-corrected chi connectivity index (χ0v) is 12.2. The maximum Gasteiger partial charge on any atom is 0.410 e. The van der Waals surface area contributed by atoms with E-state index < -0.39 is 5.60 Å². The molecule has 5 heteroatoms. The average molecular weight is 341 g/mol. The van der Waals surface area contributed by atoms with Crippen LogP contribution in [0.2, 0.25) is 0 Å². The van der Waals surface area contributed by atoms with Gasteiger partial charge in [0.15, 0.2) is 0 Å². The fraction of sp³-hybridized carbons (Fsp3) is 0.909. The fourth-order valence-corrected chi connectivity index (χ4v) is 2.40.